The van der Waals surface area contributed by atoms with Crippen LogP contribution in [0.5, 0.6) is 0 Å². The van der Waals surface area contributed by atoms with Crippen molar-refractivity contribution in [2.45, 2.75) is 32.8 Å². The number of aromatic nitrogens is 1. The second-order valence-electron chi connectivity index (χ2n) is 6.29. The maximum atomic E-state index is 10.7. The minimum absolute atomic E-state index is 0.379. The van der Waals surface area contributed by atoms with E-state index in [0.717, 1.165) is 22.3 Å². The predicted molar refractivity (Wildman–Crippen MR) is 116 cm³/mol. The molecule has 0 aliphatic rings. The molecule has 168 valence electrons. The normalized spacial score (nSPS) is 11.0. The van der Waals surface area contributed by atoms with Crippen molar-refractivity contribution in [3.8, 4) is 12.3 Å². The number of nitrogens with zero attached hydrogens (tertiary/aromatic N) is 1. The fourth-order valence-corrected chi connectivity index (χ4v) is 2.63. The lowest BCUT2D eigenvalue weighted by molar-refractivity contribution is -0.660. The van der Waals surface area contributed by atoms with Gasteiger partial charge in [0, 0.05) is 29.3 Å². The highest BCUT2D eigenvalue weighted by Gasteiger charge is 2.36. The summed E-state index contributed by atoms with van der Waals surface area (Å²) in [6.45, 7) is 7.13. The molecule has 0 aliphatic carbocycles. The summed E-state index contributed by atoms with van der Waals surface area (Å²) >= 11 is 5.12. The molecule has 0 unspecified atom stereocenters. The van der Waals surface area contributed by atoms with Crippen molar-refractivity contribution in [2.24, 2.45) is 0 Å². The number of anilines is 1. The van der Waals surface area contributed by atoms with Crippen LogP contribution in [-0.2, 0) is 21.4 Å². The number of nitrogens with one attached hydrogen (secondary N) is 1. The molecule has 2 rings (SSSR count). The molecule has 0 spiro atoms. The van der Waals surface area contributed by atoms with Gasteiger partial charge in [-0.15, -0.1) is 6.42 Å². The lowest BCUT2D eigenvalue weighted by Crippen LogP contribution is -2.37. The van der Waals surface area contributed by atoms with Crippen LogP contribution in [0.4, 0.5) is 18.9 Å². The number of halogens is 3. The highest BCUT2D eigenvalue weighted by Crippen LogP contribution is 2.20. The number of fused-ring (bicyclic) bond motifs is 1. The van der Waals surface area contributed by atoms with E-state index in [0.29, 0.717) is 18.3 Å². The number of benzene rings is 1. The molecule has 0 atom stereocenters. The van der Waals surface area contributed by atoms with Crippen LogP contribution in [0.2, 0.25) is 0 Å². The summed E-state index contributed by atoms with van der Waals surface area (Å²) in [7, 11) is -6.09. The van der Waals surface area contributed by atoms with Crippen molar-refractivity contribution in [1.29, 1.82) is 0 Å². The van der Waals surface area contributed by atoms with Gasteiger partial charge >= 0.3 is 5.51 Å². The standard InChI is InChI=1S/C19H20N2OS.CHF3O3S/c1-5-11-21-17(12-14(3)4)9-7-15-13-16(8-10-18(15)21)20-19(23)22-6-2;2-1(3,4)8(5,6)7/h1,7-10,12-13H,6,11H2,2-4H3;(H,5,6,7). The van der Waals surface area contributed by atoms with Crippen molar-refractivity contribution < 1.29 is 35.4 Å². The monoisotopic (exact) mass is 474 g/mol. The third kappa shape index (κ3) is 8.16. The van der Waals surface area contributed by atoms with Gasteiger partial charge < -0.3 is 14.6 Å². The fraction of sp³-hybridized carbons (Fsp3) is 0.300. The first kappa shape index (κ1) is 26.4. The number of rotatable bonds is 4. The first-order chi connectivity index (χ1) is 14.3. The Morgan fingerprint density at radius 2 is 1.94 bits per heavy atom. The quantitative estimate of drug-likeness (QED) is 0.237. The molecule has 31 heavy (non-hydrogen) atoms. The molecule has 0 fully saturated rings. The van der Waals surface area contributed by atoms with E-state index in [2.05, 4.69) is 47.9 Å². The molecular formula is C20H21F3N2O4S2. The van der Waals surface area contributed by atoms with E-state index in [-0.39, 0.29) is 0 Å². The molecule has 1 N–H and O–H groups in total. The average Bonchev–Trinajstić information content (AvgIpc) is 2.62. The van der Waals surface area contributed by atoms with Gasteiger partial charge in [0.15, 0.2) is 10.1 Å². The average molecular weight is 475 g/mol. The molecule has 0 bridgehead atoms. The van der Waals surface area contributed by atoms with E-state index in [9.17, 15) is 13.2 Å². The Balaban J connectivity index is 0.000000512. The first-order valence-corrected chi connectivity index (χ1v) is 10.6. The van der Waals surface area contributed by atoms with Crippen LogP contribution < -0.4 is 9.88 Å². The minimum atomic E-state index is -6.09. The van der Waals surface area contributed by atoms with Crippen molar-refractivity contribution in [3.05, 3.63) is 41.6 Å². The number of ether oxygens (including phenoxy) is 1. The Bertz CT molecular complexity index is 1120. The Labute approximate surface area is 184 Å². The van der Waals surface area contributed by atoms with Gasteiger partial charge in [-0.3, -0.25) is 0 Å². The van der Waals surface area contributed by atoms with Gasteiger partial charge in [0.2, 0.25) is 17.8 Å². The Morgan fingerprint density at radius 3 is 2.42 bits per heavy atom. The SMILES string of the molecule is C#CC[n+]1c(C=C(C)C)ccc2cc(NC(=S)OCC)ccc21.O=S(=O)([O-])C(F)(F)F. The summed E-state index contributed by atoms with van der Waals surface area (Å²) in [5.74, 6) is 2.73. The third-order valence-electron chi connectivity index (χ3n) is 3.55. The maximum absolute atomic E-state index is 10.7. The summed E-state index contributed by atoms with van der Waals surface area (Å²) in [5.41, 5.74) is -1.33. The van der Waals surface area contributed by atoms with Crippen LogP contribution >= 0.6 is 12.2 Å². The number of terminal acetylenes is 1. The number of alkyl halides is 3. The lowest BCUT2D eigenvalue weighted by Gasteiger charge is -2.09. The lowest BCUT2D eigenvalue weighted by atomic mass is 10.1. The van der Waals surface area contributed by atoms with E-state index in [1.54, 1.807) is 0 Å². The van der Waals surface area contributed by atoms with E-state index in [1.165, 1.54) is 5.57 Å². The summed E-state index contributed by atoms with van der Waals surface area (Å²) in [6, 6.07) is 10.2. The number of hydrogen-bond donors (Lipinski definition) is 1. The van der Waals surface area contributed by atoms with Gasteiger partial charge in [-0.25, -0.2) is 8.42 Å². The van der Waals surface area contributed by atoms with Crippen LogP contribution in [0.15, 0.2) is 35.9 Å². The van der Waals surface area contributed by atoms with Gasteiger partial charge in [0.25, 0.3) is 5.17 Å². The zero-order chi connectivity index (χ0) is 23.8. The summed E-state index contributed by atoms with van der Waals surface area (Å²) in [6.07, 6.45) is 7.67. The number of hydrogen-bond acceptors (Lipinski definition) is 5. The number of thiocarbonyl (C=S) groups is 1. The molecular weight excluding hydrogens is 453 g/mol. The Hall–Kier alpha value is -2.68. The van der Waals surface area contributed by atoms with Gasteiger partial charge in [0.05, 0.1) is 6.61 Å². The Kier molecular flexibility index (Phi) is 9.42. The molecule has 0 saturated heterocycles. The van der Waals surface area contributed by atoms with Crippen LogP contribution in [0.25, 0.3) is 17.0 Å². The van der Waals surface area contributed by atoms with Gasteiger partial charge in [-0.1, -0.05) is 5.57 Å². The fourth-order valence-electron chi connectivity index (χ4n) is 2.39. The molecule has 6 nitrogen and oxygen atoms in total. The molecule has 1 aromatic heterocycles. The second-order valence-corrected chi connectivity index (χ2v) is 8.03. The van der Waals surface area contributed by atoms with E-state index in [4.69, 9.17) is 36.3 Å². The van der Waals surface area contributed by atoms with Crippen molar-refractivity contribution in [2.75, 3.05) is 11.9 Å². The number of pyridine rings is 1. The van der Waals surface area contributed by atoms with Gasteiger partial charge in [-0.05, 0) is 57.1 Å². The Morgan fingerprint density at radius 1 is 1.32 bits per heavy atom. The van der Waals surface area contributed by atoms with Crippen molar-refractivity contribution in [3.63, 3.8) is 0 Å². The topological polar surface area (TPSA) is 82.3 Å². The van der Waals surface area contributed by atoms with Crippen molar-refractivity contribution >= 4 is 50.2 Å². The molecule has 0 radical (unpaired) electrons. The van der Waals surface area contributed by atoms with E-state index >= 15 is 0 Å². The highest BCUT2D eigenvalue weighted by atomic mass is 32.2. The molecule has 0 aliphatic heterocycles. The van der Waals surface area contributed by atoms with Crippen LogP contribution in [0.1, 0.15) is 26.5 Å². The van der Waals surface area contributed by atoms with Crippen LogP contribution in [-0.4, -0.2) is 30.3 Å². The molecule has 0 amide bonds. The summed E-state index contributed by atoms with van der Waals surface area (Å²) in [5, 5.41) is 4.55. The van der Waals surface area contributed by atoms with Gasteiger partial charge in [0.1, 0.15) is 0 Å². The van der Waals surface area contributed by atoms with Gasteiger partial charge in [-0.2, -0.15) is 17.7 Å². The van der Waals surface area contributed by atoms with Crippen LogP contribution in [0.3, 0.4) is 0 Å². The largest absolute Gasteiger partial charge is 0.741 e. The summed E-state index contributed by atoms with van der Waals surface area (Å²) < 4.78 is 66.3. The van der Waals surface area contributed by atoms with E-state index < -0.39 is 15.6 Å². The molecule has 1 aromatic carbocycles. The molecule has 0 saturated carbocycles. The molecule has 2 aromatic rings. The van der Waals surface area contributed by atoms with E-state index in [1.807, 2.05) is 25.1 Å². The predicted octanol–water partition coefficient (Wildman–Crippen LogP) is 3.97. The second kappa shape index (κ2) is 11.1. The zero-order valence-corrected chi connectivity index (χ0v) is 18.6. The third-order valence-corrected chi connectivity index (χ3v) is 4.34. The zero-order valence-electron chi connectivity index (χ0n) is 17.0. The summed E-state index contributed by atoms with van der Waals surface area (Å²) in [4.78, 5) is 0. The smallest absolute Gasteiger partial charge is 0.485 e. The molecule has 1 heterocycles. The van der Waals surface area contributed by atoms with Crippen LogP contribution in [0, 0.1) is 12.3 Å². The first-order valence-electron chi connectivity index (χ1n) is 8.81. The maximum Gasteiger partial charge on any atom is 0.485 e. The van der Waals surface area contributed by atoms with Crippen molar-refractivity contribution in [1.82, 2.24) is 0 Å². The molecule has 11 heteroatoms. The minimum Gasteiger partial charge on any atom is -0.741 e. The number of allylic oxidation sites excluding steroid dienone is 1. The highest BCUT2D eigenvalue weighted by molar-refractivity contribution is 7.86.